The van der Waals surface area contributed by atoms with E-state index in [1.165, 1.54) is 0 Å². The molecule has 0 unspecified atom stereocenters. The zero-order valence-electron chi connectivity index (χ0n) is 13.0. The molecule has 0 aliphatic carbocycles. The number of carbonyl (C=O) groups excluding carboxylic acids is 1. The van der Waals surface area contributed by atoms with Gasteiger partial charge in [-0.2, -0.15) is 0 Å². The van der Waals surface area contributed by atoms with Gasteiger partial charge in [0.2, 0.25) is 0 Å². The summed E-state index contributed by atoms with van der Waals surface area (Å²) in [4.78, 5) is 14.2. The van der Waals surface area contributed by atoms with Crippen LogP contribution in [0.15, 0.2) is 48.5 Å². The Balaban J connectivity index is 1.65. The van der Waals surface area contributed by atoms with Crippen molar-refractivity contribution in [2.75, 3.05) is 33.4 Å². The van der Waals surface area contributed by atoms with E-state index in [9.17, 15) is 4.79 Å². The van der Waals surface area contributed by atoms with E-state index < -0.39 is 0 Å². The number of amides is 1. The lowest BCUT2D eigenvalue weighted by Crippen LogP contribution is -2.40. The highest BCUT2D eigenvalue weighted by molar-refractivity contribution is 5.94. The van der Waals surface area contributed by atoms with Crippen LogP contribution in [0.25, 0.3) is 0 Å². The molecule has 0 atom stereocenters. The van der Waals surface area contributed by atoms with E-state index in [0.29, 0.717) is 37.6 Å². The predicted octanol–water partition coefficient (Wildman–Crippen LogP) is 2.96. The number of nitrogens with zero attached hydrogens (tertiary/aromatic N) is 1. The molecule has 2 aromatic carbocycles. The lowest BCUT2D eigenvalue weighted by molar-refractivity contribution is 0.0303. The molecule has 23 heavy (non-hydrogen) atoms. The first kappa shape index (κ1) is 15.4. The van der Waals surface area contributed by atoms with E-state index >= 15 is 0 Å². The van der Waals surface area contributed by atoms with Gasteiger partial charge in [-0.3, -0.25) is 4.79 Å². The fourth-order valence-corrected chi connectivity index (χ4v) is 2.39. The average molecular weight is 313 g/mol. The van der Waals surface area contributed by atoms with Crippen LogP contribution < -0.4 is 9.47 Å². The molecule has 0 saturated carbocycles. The van der Waals surface area contributed by atoms with Gasteiger partial charge < -0.3 is 19.1 Å². The molecule has 120 valence electrons. The van der Waals surface area contributed by atoms with Crippen LogP contribution in [0.4, 0.5) is 0 Å². The van der Waals surface area contributed by atoms with Gasteiger partial charge in [0.25, 0.3) is 5.91 Å². The Morgan fingerprint density at radius 3 is 2.00 bits per heavy atom. The normalized spacial score (nSPS) is 14.4. The molecule has 1 amide bonds. The molecule has 1 aliphatic rings. The van der Waals surface area contributed by atoms with E-state index in [0.717, 1.165) is 11.5 Å². The van der Waals surface area contributed by atoms with E-state index in [4.69, 9.17) is 14.2 Å². The van der Waals surface area contributed by atoms with Crippen molar-refractivity contribution >= 4 is 5.91 Å². The van der Waals surface area contributed by atoms with Gasteiger partial charge in [-0.05, 0) is 48.5 Å². The zero-order valence-corrected chi connectivity index (χ0v) is 13.0. The van der Waals surface area contributed by atoms with Gasteiger partial charge in [-0.15, -0.1) is 0 Å². The van der Waals surface area contributed by atoms with E-state index in [-0.39, 0.29) is 5.91 Å². The number of morpholine rings is 1. The average Bonchev–Trinajstić information content (AvgIpc) is 2.63. The van der Waals surface area contributed by atoms with Crippen LogP contribution in [0.2, 0.25) is 0 Å². The van der Waals surface area contributed by atoms with Crippen molar-refractivity contribution in [1.82, 2.24) is 4.90 Å². The molecule has 1 saturated heterocycles. The van der Waals surface area contributed by atoms with Gasteiger partial charge in [0.1, 0.15) is 17.2 Å². The smallest absolute Gasteiger partial charge is 0.254 e. The third kappa shape index (κ3) is 3.81. The number of ether oxygens (including phenoxy) is 3. The molecule has 1 aliphatic heterocycles. The summed E-state index contributed by atoms with van der Waals surface area (Å²) in [5.41, 5.74) is 0.661. The Bertz CT molecular complexity index is 646. The highest BCUT2D eigenvalue weighted by atomic mass is 16.5. The lowest BCUT2D eigenvalue weighted by Gasteiger charge is -2.26. The Morgan fingerprint density at radius 1 is 0.913 bits per heavy atom. The van der Waals surface area contributed by atoms with Crippen molar-refractivity contribution in [2.45, 2.75) is 0 Å². The summed E-state index contributed by atoms with van der Waals surface area (Å²) < 4.78 is 16.1. The second-order valence-corrected chi connectivity index (χ2v) is 5.21. The second-order valence-electron chi connectivity index (χ2n) is 5.21. The molecule has 0 N–H and O–H groups in total. The minimum atomic E-state index is 0.0318. The first-order valence-electron chi connectivity index (χ1n) is 7.55. The van der Waals surface area contributed by atoms with Crippen molar-refractivity contribution in [3.05, 3.63) is 54.1 Å². The van der Waals surface area contributed by atoms with Crippen molar-refractivity contribution in [1.29, 1.82) is 0 Å². The van der Waals surface area contributed by atoms with Gasteiger partial charge in [-0.25, -0.2) is 0 Å². The van der Waals surface area contributed by atoms with Gasteiger partial charge in [0.15, 0.2) is 0 Å². The van der Waals surface area contributed by atoms with Crippen molar-refractivity contribution in [2.24, 2.45) is 0 Å². The van der Waals surface area contributed by atoms with E-state index in [1.54, 1.807) is 31.4 Å². The Morgan fingerprint density at radius 2 is 1.43 bits per heavy atom. The molecular formula is C18H19NO4. The fraction of sp³-hybridized carbons (Fsp3) is 0.278. The maximum atomic E-state index is 12.4. The zero-order chi connectivity index (χ0) is 16.1. The number of benzene rings is 2. The van der Waals surface area contributed by atoms with Crippen molar-refractivity contribution in [3.8, 4) is 17.2 Å². The standard InChI is InChI=1S/C18H19NO4/c1-21-15-6-8-17(9-7-15)23-16-4-2-14(3-5-16)18(20)19-10-12-22-13-11-19/h2-9H,10-13H2,1H3. The molecule has 2 aromatic rings. The summed E-state index contributed by atoms with van der Waals surface area (Å²) in [5, 5.41) is 0. The van der Waals surface area contributed by atoms with Crippen LogP contribution >= 0.6 is 0 Å². The maximum Gasteiger partial charge on any atom is 0.254 e. The molecule has 0 bridgehead atoms. The number of hydrogen-bond donors (Lipinski definition) is 0. The Labute approximate surface area is 135 Å². The predicted molar refractivity (Wildman–Crippen MR) is 86.2 cm³/mol. The number of rotatable bonds is 4. The summed E-state index contributed by atoms with van der Waals surface area (Å²) >= 11 is 0. The van der Waals surface area contributed by atoms with Crippen LogP contribution in [0.5, 0.6) is 17.2 Å². The second kappa shape index (κ2) is 7.15. The number of carbonyl (C=O) groups is 1. The summed E-state index contributed by atoms with van der Waals surface area (Å²) in [6.07, 6.45) is 0. The van der Waals surface area contributed by atoms with Crippen molar-refractivity contribution in [3.63, 3.8) is 0 Å². The van der Waals surface area contributed by atoms with Gasteiger partial charge in [-0.1, -0.05) is 0 Å². The summed E-state index contributed by atoms with van der Waals surface area (Å²) in [5.74, 6) is 2.22. The van der Waals surface area contributed by atoms with Gasteiger partial charge >= 0.3 is 0 Å². The Kier molecular flexibility index (Phi) is 4.78. The Hall–Kier alpha value is -2.53. The SMILES string of the molecule is COc1ccc(Oc2ccc(C(=O)N3CCOCC3)cc2)cc1. The fourth-order valence-electron chi connectivity index (χ4n) is 2.39. The minimum Gasteiger partial charge on any atom is -0.497 e. The third-order valence-corrected chi connectivity index (χ3v) is 3.69. The first-order chi connectivity index (χ1) is 11.3. The van der Waals surface area contributed by atoms with Crippen LogP contribution in [0, 0.1) is 0 Å². The minimum absolute atomic E-state index is 0.0318. The molecule has 1 fully saturated rings. The van der Waals surface area contributed by atoms with Crippen molar-refractivity contribution < 1.29 is 19.0 Å². The quantitative estimate of drug-likeness (QED) is 0.871. The highest BCUT2D eigenvalue weighted by Gasteiger charge is 2.18. The molecule has 0 aromatic heterocycles. The van der Waals surface area contributed by atoms with Crippen LogP contribution in [0.3, 0.4) is 0 Å². The summed E-state index contributed by atoms with van der Waals surface area (Å²) in [7, 11) is 1.63. The monoisotopic (exact) mass is 313 g/mol. The first-order valence-corrected chi connectivity index (χ1v) is 7.55. The largest absolute Gasteiger partial charge is 0.497 e. The van der Waals surface area contributed by atoms with Gasteiger partial charge in [0.05, 0.1) is 20.3 Å². The molecule has 3 rings (SSSR count). The summed E-state index contributed by atoms with van der Waals surface area (Å²) in [6.45, 7) is 2.49. The molecule has 5 nitrogen and oxygen atoms in total. The molecule has 0 spiro atoms. The van der Waals surface area contributed by atoms with Crippen LogP contribution in [-0.2, 0) is 4.74 Å². The number of hydrogen-bond acceptors (Lipinski definition) is 4. The van der Waals surface area contributed by atoms with Crippen LogP contribution in [-0.4, -0.2) is 44.2 Å². The van der Waals surface area contributed by atoms with E-state index in [2.05, 4.69) is 0 Å². The van der Waals surface area contributed by atoms with E-state index in [1.807, 2.05) is 29.2 Å². The molecule has 0 radical (unpaired) electrons. The lowest BCUT2D eigenvalue weighted by atomic mass is 10.2. The molecule has 5 heteroatoms. The number of methoxy groups -OCH3 is 1. The van der Waals surface area contributed by atoms with Crippen LogP contribution in [0.1, 0.15) is 10.4 Å². The highest BCUT2D eigenvalue weighted by Crippen LogP contribution is 2.24. The topological polar surface area (TPSA) is 48.0 Å². The third-order valence-electron chi connectivity index (χ3n) is 3.69. The summed E-state index contributed by atoms with van der Waals surface area (Å²) in [6, 6.07) is 14.5. The maximum absolute atomic E-state index is 12.4. The molecule has 1 heterocycles. The molecular weight excluding hydrogens is 294 g/mol. The van der Waals surface area contributed by atoms with Gasteiger partial charge in [0, 0.05) is 18.7 Å².